The minimum absolute atomic E-state index is 0.218. The van der Waals surface area contributed by atoms with E-state index in [2.05, 4.69) is 5.32 Å². The fourth-order valence-corrected chi connectivity index (χ4v) is 1.02. The summed E-state index contributed by atoms with van der Waals surface area (Å²) in [6.45, 7) is 2.04. The Morgan fingerprint density at radius 1 is 1.58 bits per heavy atom. The summed E-state index contributed by atoms with van der Waals surface area (Å²) in [5.41, 5.74) is 0. The van der Waals surface area contributed by atoms with E-state index in [1.54, 1.807) is 14.1 Å². The molecular formula is C7H15N3OS. The predicted molar refractivity (Wildman–Crippen MR) is 52.7 cm³/mol. The van der Waals surface area contributed by atoms with Crippen LogP contribution < -0.4 is 5.32 Å². The van der Waals surface area contributed by atoms with Gasteiger partial charge >= 0.3 is 6.03 Å². The van der Waals surface area contributed by atoms with Crippen LogP contribution in [0.1, 0.15) is 13.3 Å². The Kier molecular flexibility index (Phi) is 5.53. The number of thioether (sulfide) groups is 1. The first kappa shape index (κ1) is 11.3. The van der Waals surface area contributed by atoms with E-state index < -0.39 is 0 Å². The lowest BCUT2D eigenvalue weighted by atomic mass is 10.6. The van der Waals surface area contributed by atoms with E-state index in [4.69, 9.17) is 5.41 Å². The van der Waals surface area contributed by atoms with Gasteiger partial charge in [-0.25, -0.2) is 4.79 Å². The molecule has 0 spiro atoms. The van der Waals surface area contributed by atoms with Crippen LogP contribution in [0.4, 0.5) is 4.79 Å². The van der Waals surface area contributed by atoms with Gasteiger partial charge in [0.1, 0.15) is 0 Å². The fraction of sp³-hybridized carbons (Fsp3) is 0.714. The molecule has 0 saturated heterocycles. The molecule has 0 aromatic rings. The number of nitrogens with one attached hydrogen (secondary N) is 2. The number of carbonyl (C=O) groups is 1. The number of urea groups is 1. The molecule has 0 heterocycles. The van der Waals surface area contributed by atoms with Crippen LogP contribution in [-0.2, 0) is 0 Å². The van der Waals surface area contributed by atoms with Crippen LogP contribution in [0.15, 0.2) is 0 Å². The molecule has 0 aromatic heterocycles. The summed E-state index contributed by atoms with van der Waals surface area (Å²) in [5, 5.41) is 9.99. The maximum absolute atomic E-state index is 11.0. The van der Waals surface area contributed by atoms with E-state index in [0.717, 1.165) is 12.2 Å². The van der Waals surface area contributed by atoms with E-state index >= 15 is 0 Å². The number of hydrogen-bond donors (Lipinski definition) is 2. The van der Waals surface area contributed by atoms with Gasteiger partial charge in [-0.05, 0) is 6.42 Å². The van der Waals surface area contributed by atoms with Gasteiger partial charge in [-0.15, -0.1) is 0 Å². The Morgan fingerprint density at radius 2 is 2.17 bits per heavy atom. The van der Waals surface area contributed by atoms with Crippen LogP contribution in [0, 0.1) is 5.41 Å². The van der Waals surface area contributed by atoms with E-state index in [1.807, 2.05) is 6.92 Å². The molecule has 0 aromatic carbocycles. The quantitative estimate of drug-likeness (QED) is 0.508. The molecule has 0 aliphatic heterocycles. The zero-order valence-electron chi connectivity index (χ0n) is 7.68. The second-order valence-electron chi connectivity index (χ2n) is 2.50. The van der Waals surface area contributed by atoms with Gasteiger partial charge in [0, 0.05) is 19.8 Å². The van der Waals surface area contributed by atoms with Gasteiger partial charge in [0.2, 0.25) is 0 Å². The molecule has 12 heavy (non-hydrogen) atoms. The highest BCUT2D eigenvalue weighted by Gasteiger charge is 2.05. The van der Waals surface area contributed by atoms with Crippen molar-refractivity contribution in [2.24, 2.45) is 0 Å². The molecule has 0 aliphatic carbocycles. The third-order valence-electron chi connectivity index (χ3n) is 1.08. The van der Waals surface area contributed by atoms with Crippen molar-refractivity contribution in [2.75, 3.05) is 19.8 Å². The Hall–Kier alpha value is -0.710. The largest absolute Gasteiger partial charge is 0.331 e. The van der Waals surface area contributed by atoms with Gasteiger partial charge in [0.05, 0.1) is 0 Å². The van der Waals surface area contributed by atoms with Crippen molar-refractivity contribution < 1.29 is 4.79 Å². The van der Waals surface area contributed by atoms with Gasteiger partial charge < -0.3 is 4.90 Å². The lowest BCUT2D eigenvalue weighted by molar-refractivity contribution is 0.222. The summed E-state index contributed by atoms with van der Waals surface area (Å²) in [7, 11) is 3.29. The van der Waals surface area contributed by atoms with Crippen LogP contribution in [0.2, 0.25) is 0 Å². The molecule has 0 aliphatic rings. The van der Waals surface area contributed by atoms with E-state index in [-0.39, 0.29) is 11.2 Å². The molecule has 0 radical (unpaired) electrons. The van der Waals surface area contributed by atoms with Gasteiger partial charge in [0.15, 0.2) is 5.17 Å². The first-order valence-corrected chi connectivity index (χ1v) is 4.76. The summed E-state index contributed by atoms with van der Waals surface area (Å²) < 4.78 is 0. The van der Waals surface area contributed by atoms with E-state index in [9.17, 15) is 4.79 Å². The van der Waals surface area contributed by atoms with Gasteiger partial charge in [-0.2, -0.15) is 0 Å². The van der Waals surface area contributed by atoms with Gasteiger partial charge in [-0.3, -0.25) is 10.7 Å². The predicted octanol–water partition coefficient (Wildman–Crippen LogP) is 1.34. The summed E-state index contributed by atoms with van der Waals surface area (Å²) in [5.74, 6) is 0.868. The number of amides is 2. The summed E-state index contributed by atoms with van der Waals surface area (Å²) in [6, 6.07) is -0.247. The lowest BCUT2D eigenvalue weighted by Crippen LogP contribution is -2.37. The molecule has 2 amide bonds. The number of amidine groups is 1. The van der Waals surface area contributed by atoms with Crippen molar-refractivity contribution in [1.82, 2.24) is 10.2 Å². The molecule has 0 rings (SSSR count). The second-order valence-corrected chi connectivity index (χ2v) is 3.61. The average Bonchev–Trinajstić information content (AvgIpc) is 2.00. The number of nitrogens with zero attached hydrogens (tertiary/aromatic N) is 1. The zero-order chi connectivity index (χ0) is 9.56. The van der Waals surface area contributed by atoms with Crippen molar-refractivity contribution >= 4 is 23.0 Å². The van der Waals surface area contributed by atoms with Crippen LogP contribution in [0.25, 0.3) is 0 Å². The molecule has 4 nitrogen and oxygen atoms in total. The molecule has 2 N–H and O–H groups in total. The Bertz CT molecular complexity index is 170. The molecule has 0 saturated carbocycles. The van der Waals surface area contributed by atoms with Crippen LogP contribution in [0.5, 0.6) is 0 Å². The summed E-state index contributed by atoms with van der Waals surface area (Å²) in [6.07, 6.45) is 1.00. The molecule has 70 valence electrons. The molecule has 0 atom stereocenters. The van der Waals surface area contributed by atoms with Crippen molar-refractivity contribution in [3.05, 3.63) is 0 Å². The Labute approximate surface area is 77.2 Å². The number of rotatable bonds is 2. The fourth-order valence-electron chi connectivity index (χ4n) is 0.449. The van der Waals surface area contributed by atoms with Crippen LogP contribution >= 0.6 is 11.8 Å². The first-order valence-electron chi connectivity index (χ1n) is 3.77. The highest BCUT2D eigenvalue weighted by atomic mass is 32.2. The molecule has 0 bridgehead atoms. The standard InChI is InChI=1S/C7H15N3OS/c1-4-5-12-6(8)9-7(11)10(2)3/h4-5H2,1-3H3,(H2,8,9,11). The molecular weight excluding hydrogens is 174 g/mol. The van der Waals surface area contributed by atoms with Gasteiger partial charge in [-0.1, -0.05) is 18.7 Å². The van der Waals surface area contributed by atoms with Crippen molar-refractivity contribution in [3.8, 4) is 0 Å². The monoisotopic (exact) mass is 189 g/mol. The Morgan fingerprint density at radius 3 is 2.58 bits per heavy atom. The third-order valence-corrected chi connectivity index (χ3v) is 2.08. The highest BCUT2D eigenvalue weighted by molar-refractivity contribution is 8.13. The molecule has 5 heteroatoms. The van der Waals surface area contributed by atoms with Crippen LogP contribution in [-0.4, -0.2) is 35.9 Å². The SMILES string of the molecule is CCCSC(=N)NC(=O)N(C)C. The van der Waals surface area contributed by atoms with Crippen molar-refractivity contribution in [3.63, 3.8) is 0 Å². The average molecular weight is 189 g/mol. The smallest absolute Gasteiger partial charge is 0.322 e. The molecule has 0 fully saturated rings. The minimum atomic E-state index is -0.247. The molecule has 0 unspecified atom stereocenters. The summed E-state index contributed by atoms with van der Waals surface area (Å²) >= 11 is 1.35. The normalized spacial score (nSPS) is 9.25. The zero-order valence-corrected chi connectivity index (χ0v) is 8.49. The van der Waals surface area contributed by atoms with E-state index in [1.165, 1.54) is 16.7 Å². The van der Waals surface area contributed by atoms with Crippen molar-refractivity contribution in [1.29, 1.82) is 5.41 Å². The first-order chi connectivity index (χ1) is 5.57. The Balaban J connectivity index is 3.62. The van der Waals surface area contributed by atoms with E-state index in [0.29, 0.717) is 0 Å². The summed E-state index contributed by atoms with van der Waals surface area (Å²) in [4.78, 5) is 12.4. The van der Waals surface area contributed by atoms with Crippen molar-refractivity contribution in [2.45, 2.75) is 13.3 Å². The maximum atomic E-state index is 11.0. The van der Waals surface area contributed by atoms with Gasteiger partial charge in [0.25, 0.3) is 0 Å². The minimum Gasteiger partial charge on any atom is -0.331 e. The number of carbonyl (C=O) groups excluding carboxylic acids is 1. The number of hydrogen-bond acceptors (Lipinski definition) is 3. The van der Waals surface area contributed by atoms with Crippen LogP contribution in [0.3, 0.4) is 0 Å². The third kappa shape index (κ3) is 5.01. The topological polar surface area (TPSA) is 56.2 Å². The second kappa shape index (κ2) is 5.88. The maximum Gasteiger partial charge on any atom is 0.322 e. The highest BCUT2D eigenvalue weighted by Crippen LogP contribution is 2.01. The lowest BCUT2D eigenvalue weighted by Gasteiger charge is -2.11.